The number of halogens is 1. The average Bonchev–Trinajstić information content (AvgIpc) is 2.93. The normalized spacial score (nSPS) is 10.6. The van der Waals surface area contributed by atoms with Crippen LogP contribution in [0.5, 0.6) is 5.75 Å². The van der Waals surface area contributed by atoms with Gasteiger partial charge in [0.15, 0.2) is 11.7 Å². The Balaban J connectivity index is 1.58. The van der Waals surface area contributed by atoms with E-state index in [0.29, 0.717) is 15.9 Å². The molecule has 4 nitrogen and oxygen atoms in total. The van der Waals surface area contributed by atoms with Crippen molar-refractivity contribution in [3.05, 3.63) is 75.3 Å². The summed E-state index contributed by atoms with van der Waals surface area (Å²) in [5.41, 5.74) is 3.17. The highest BCUT2D eigenvalue weighted by molar-refractivity contribution is 7.15. The number of rotatable bonds is 6. The van der Waals surface area contributed by atoms with Gasteiger partial charge in [-0.1, -0.05) is 41.4 Å². The minimum atomic E-state index is -0.228. The lowest BCUT2D eigenvalue weighted by atomic mass is 10.1. The Bertz CT molecular complexity index is 906. The molecule has 0 aliphatic heterocycles. The lowest BCUT2D eigenvalue weighted by Gasteiger charge is -2.05. The molecule has 3 rings (SSSR count). The van der Waals surface area contributed by atoms with Crippen molar-refractivity contribution in [2.45, 2.75) is 20.3 Å². The first-order valence-corrected chi connectivity index (χ1v) is 9.39. The molecule has 0 bridgehead atoms. The molecular formula is C20H19ClN2O2S. The summed E-state index contributed by atoms with van der Waals surface area (Å²) in [6, 6.07) is 15.3. The van der Waals surface area contributed by atoms with Crippen LogP contribution in [0.2, 0.25) is 5.02 Å². The smallest absolute Gasteiger partial charge is 0.264 e. The van der Waals surface area contributed by atoms with Crippen molar-refractivity contribution in [1.82, 2.24) is 4.98 Å². The monoisotopic (exact) mass is 386 g/mol. The van der Waals surface area contributed by atoms with Gasteiger partial charge in [-0.3, -0.25) is 10.1 Å². The molecule has 3 aromatic rings. The molecule has 6 heteroatoms. The molecule has 1 aromatic heterocycles. The molecule has 0 radical (unpaired) electrons. The van der Waals surface area contributed by atoms with E-state index in [0.717, 1.165) is 28.1 Å². The molecular weight excluding hydrogens is 368 g/mol. The summed E-state index contributed by atoms with van der Waals surface area (Å²) in [5, 5.41) is 4.09. The van der Waals surface area contributed by atoms with Crippen molar-refractivity contribution in [1.29, 1.82) is 0 Å². The second-order valence-electron chi connectivity index (χ2n) is 5.98. The van der Waals surface area contributed by atoms with Crippen LogP contribution in [0.15, 0.2) is 48.5 Å². The molecule has 134 valence electrons. The number of carbonyl (C=O) groups excluding carboxylic acids is 1. The Morgan fingerprint density at radius 3 is 2.69 bits per heavy atom. The van der Waals surface area contributed by atoms with Crippen LogP contribution < -0.4 is 10.1 Å². The summed E-state index contributed by atoms with van der Waals surface area (Å²) in [6.07, 6.45) is 0.736. The fourth-order valence-corrected chi connectivity index (χ4v) is 3.64. The summed E-state index contributed by atoms with van der Waals surface area (Å²) < 4.78 is 5.49. The van der Waals surface area contributed by atoms with Gasteiger partial charge < -0.3 is 4.74 Å². The van der Waals surface area contributed by atoms with Gasteiger partial charge in [0.2, 0.25) is 0 Å². The van der Waals surface area contributed by atoms with Gasteiger partial charge in [-0.2, -0.15) is 0 Å². The van der Waals surface area contributed by atoms with Crippen LogP contribution in [0.3, 0.4) is 0 Å². The molecule has 0 aliphatic carbocycles. The van der Waals surface area contributed by atoms with Crippen LogP contribution in [-0.4, -0.2) is 17.5 Å². The van der Waals surface area contributed by atoms with Crippen LogP contribution in [0.4, 0.5) is 5.13 Å². The number of aryl methyl sites for hydroxylation is 2. The maximum atomic E-state index is 12.1. The lowest BCUT2D eigenvalue weighted by Crippen LogP contribution is -2.20. The topological polar surface area (TPSA) is 51.2 Å². The van der Waals surface area contributed by atoms with Crippen molar-refractivity contribution in [3.8, 4) is 5.75 Å². The Morgan fingerprint density at radius 2 is 1.96 bits per heavy atom. The van der Waals surface area contributed by atoms with Gasteiger partial charge in [0.05, 0.1) is 5.69 Å². The Hall–Kier alpha value is -2.37. The van der Waals surface area contributed by atoms with Crippen LogP contribution in [0, 0.1) is 13.8 Å². The predicted octanol–water partition coefficient (Wildman–Crippen LogP) is 5.02. The predicted molar refractivity (Wildman–Crippen MR) is 106 cm³/mol. The Kier molecular flexibility index (Phi) is 5.91. The number of benzene rings is 2. The zero-order chi connectivity index (χ0) is 18.5. The molecule has 1 amide bonds. The number of thiazole rings is 1. The number of anilines is 1. The summed E-state index contributed by atoms with van der Waals surface area (Å²) in [7, 11) is 0. The zero-order valence-corrected chi connectivity index (χ0v) is 16.2. The number of aromatic nitrogens is 1. The number of ether oxygens (including phenoxy) is 1. The average molecular weight is 387 g/mol. The van der Waals surface area contributed by atoms with Gasteiger partial charge in [0.1, 0.15) is 5.75 Å². The fourth-order valence-electron chi connectivity index (χ4n) is 2.42. The first kappa shape index (κ1) is 18.4. The van der Waals surface area contributed by atoms with E-state index < -0.39 is 0 Å². The maximum Gasteiger partial charge on any atom is 0.264 e. The molecule has 2 aromatic carbocycles. The molecule has 0 spiro atoms. The molecule has 0 fully saturated rings. The van der Waals surface area contributed by atoms with Crippen LogP contribution >= 0.6 is 22.9 Å². The number of nitrogens with zero attached hydrogens (tertiary/aromatic N) is 1. The Labute approximate surface area is 161 Å². The van der Waals surface area contributed by atoms with Crippen LogP contribution in [-0.2, 0) is 11.2 Å². The van der Waals surface area contributed by atoms with Gasteiger partial charge in [-0.25, -0.2) is 4.98 Å². The number of hydrogen-bond donors (Lipinski definition) is 1. The van der Waals surface area contributed by atoms with Gasteiger partial charge in [0.25, 0.3) is 5.91 Å². The molecule has 0 atom stereocenters. The van der Waals surface area contributed by atoms with E-state index >= 15 is 0 Å². The SMILES string of the molecule is Cc1ccc(OCC(=O)Nc2nc(C)c(Cc3cccc(Cl)c3)s2)cc1. The van der Waals surface area contributed by atoms with Crippen molar-refractivity contribution < 1.29 is 9.53 Å². The fraction of sp³-hybridized carbons (Fsp3) is 0.200. The minimum Gasteiger partial charge on any atom is -0.484 e. The molecule has 26 heavy (non-hydrogen) atoms. The minimum absolute atomic E-state index is 0.0503. The molecule has 1 N–H and O–H groups in total. The number of nitrogens with one attached hydrogen (secondary N) is 1. The van der Waals surface area contributed by atoms with Crippen molar-refractivity contribution in [2.24, 2.45) is 0 Å². The van der Waals surface area contributed by atoms with Crippen molar-refractivity contribution in [3.63, 3.8) is 0 Å². The summed E-state index contributed by atoms with van der Waals surface area (Å²) in [4.78, 5) is 17.6. The van der Waals surface area contributed by atoms with Crippen LogP contribution in [0.1, 0.15) is 21.7 Å². The van der Waals surface area contributed by atoms with E-state index in [2.05, 4.69) is 10.3 Å². The quantitative estimate of drug-likeness (QED) is 0.647. The second kappa shape index (κ2) is 8.34. The van der Waals surface area contributed by atoms with Crippen LogP contribution in [0.25, 0.3) is 0 Å². The second-order valence-corrected chi connectivity index (χ2v) is 7.50. The summed E-state index contributed by atoms with van der Waals surface area (Å²) in [6.45, 7) is 3.89. The molecule has 0 aliphatic rings. The molecule has 1 heterocycles. The third-order valence-corrected chi connectivity index (χ3v) is 5.09. The van der Waals surface area contributed by atoms with Crippen molar-refractivity contribution >= 4 is 34.0 Å². The van der Waals surface area contributed by atoms with E-state index in [-0.39, 0.29) is 12.5 Å². The summed E-state index contributed by atoms with van der Waals surface area (Å²) >= 11 is 7.51. The van der Waals surface area contributed by atoms with E-state index in [1.165, 1.54) is 11.3 Å². The molecule has 0 saturated heterocycles. The highest BCUT2D eigenvalue weighted by Gasteiger charge is 2.12. The van der Waals surface area contributed by atoms with E-state index in [1.807, 2.05) is 62.4 Å². The van der Waals surface area contributed by atoms with Gasteiger partial charge in [-0.05, 0) is 43.7 Å². The maximum absolute atomic E-state index is 12.1. The molecule has 0 saturated carbocycles. The number of hydrogen-bond acceptors (Lipinski definition) is 4. The third kappa shape index (κ3) is 5.07. The van der Waals surface area contributed by atoms with E-state index in [4.69, 9.17) is 16.3 Å². The van der Waals surface area contributed by atoms with E-state index in [9.17, 15) is 4.79 Å². The standard InChI is InChI=1S/C20H19ClN2O2S/c1-13-6-8-17(9-7-13)25-12-19(24)23-20-22-14(2)18(26-20)11-15-4-3-5-16(21)10-15/h3-10H,11-12H2,1-2H3,(H,22,23,24). The highest BCUT2D eigenvalue weighted by Crippen LogP contribution is 2.26. The highest BCUT2D eigenvalue weighted by atomic mass is 35.5. The zero-order valence-electron chi connectivity index (χ0n) is 14.6. The largest absolute Gasteiger partial charge is 0.484 e. The van der Waals surface area contributed by atoms with Gasteiger partial charge in [0, 0.05) is 16.3 Å². The third-order valence-electron chi connectivity index (χ3n) is 3.78. The van der Waals surface area contributed by atoms with Crippen molar-refractivity contribution in [2.75, 3.05) is 11.9 Å². The first-order chi connectivity index (χ1) is 12.5. The number of amides is 1. The Morgan fingerprint density at radius 1 is 1.19 bits per heavy atom. The first-order valence-electron chi connectivity index (χ1n) is 8.19. The number of carbonyl (C=O) groups is 1. The summed E-state index contributed by atoms with van der Waals surface area (Å²) in [5.74, 6) is 0.441. The van der Waals surface area contributed by atoms with Gasteiger partial charge in [-0.15, -0.1) is 11.3 Å². The van der Waals surface area contributed by atoms with Gasteiger partial charge >= 0.3 is 0 Å². The molecule has 0 unspecified atom stereocenters. The lowest BCUT2D eigenvalue weighted by molar-refractivity contribution is -0.118. The van der Waals surface area contributed by atoms with E-state index in [1.54, 1.807) is 0 Å².